The zero-order valence-corrected chi connectivity index (χ0v) is 17.5. The van der Waals surface area contributed by atoms with Gasteiger partial charge in [0.25, 0.3) is 0 Å². The molecule has 31 heavy (non-hydrogen) atoms. The zero-order valence-electron chi connectivity index (χ0n) is 17.5. The maximum atomic E-state index is 13.6. The van der Waals surface area contributed by atoms with Crippen LogP contribution in [-0.4, -0.2) is 4.98 Å². The van der Waals surface area contributed by atoms with Gasteiger partial charge in [-0.05, 0) is 61.4 Å². The first-order chi connectivity index (χ1) is 15.0. The number of para-hydroxylation sites is 1. The van der Waals surface area contributed by atoms with Crippen LogP contribution in [0.3, 0.4) is 0 Å². The Morgan fingerprint density at radius 3 is 2.42 bits per heavy atom. The first-order valence-corrected chi connectivity index (χ1v) is 10.8. The van der Waals surface area contributed by atoms with Gasteiger partial charge in [-0.3, -0.25) is 4.98 Å². The molecule has 0 radical (unpaired) electrons. The average Bonchev–Trinajstić information content (AvgIpc) is 2.78. The summed E-state index contributed by atoms with van der Waals surface area (Å²) in [5.41, 5.74) is 11.3. The van der Waals surface area contributed by atoms with Crippen molar-refractivity contribution in [2.45, 2.75) is 51.6 Å². The lowest BCUT2D eigenvalue weighted by molar-refractivity contribution is -0.137. The summed E-state index contributed by atoms with van der Waals surface area (Å²) < 4.78 is 40.8. The van der Waals surface area contributed by atoms with E-state index in [1.807, 2.05) is 18.2 Å². The SMILES string of the molecule is CCCc1ccccc1NNc1cc(-c2ccccc2C(F)(F)F)nc2c1CCCC2. The lowest BCUT2D eigenvalue weighted by atomic mass is 9.93. The maximum absolute atomic E-state index is 13.6. The molecule has 0 unspecified atom stereocenters. The van der Waals surface area contributed by atoms with Crippen molar-refractivity contribution < 1.29 is 13.2 Å². The Morgan fingerprint density at radius 1 is 0.903 bits per heavy atom. The Morgan fingerprint density at radius 2 is 1.61 bits per heavy atom. The van der Waals surface area contributed by atoms with E-state index >= 15 is 0 Å². The summed E-state index contributed by atoms with van der Waals surface area (Å²) >= 11 is 0. The number of hydrazine groups is 1. The van der Waals surface area contributed by atoms with E-state index in [9.17, 15) is 13.2 Å². The van der Waals surface area contributed by atoms with Crippen LogP contribution in [0.5, 0.6) is 0 Å². The Labute approximate surface area is 180 Å². The summed E-state index contributed by atoms with van der Waals surface area (Å²) in [4.78, 5) is 4.65. The zero-order chi connectivity index (χ0) is 21.8. The molecular weight excluding hydrogens is 399 g/mol. The summed E-state index contributed by atoms with van der Waals surface area (Å²) in [5, 5.41) is 0. The number of hydrogen-bond acceptors (Lipinski definition) is 3. The van der Waals surface area contributed by atoms with Gasteiger partial charge in [0.15, 0.2) is 0 Å². The molecule has 0 aliphatic heterocycles. The Balaban J connectivity index is 1.73. The van der Waals surface area contributed by atoms with Crippen LogP contribution < -0.4 is 10.9 Å². The molecule has 1 aromatic heterocycles. The number of aryl methyl sites for hydroxylation is 2. The number of anilines is 2. The fraction of sp³-hybridized carbons (Fsp3) is 0.320. The van der Waals surface area contributed by atoms with Gasteiger partial charge >= 0.3 is 6.18 Å². The lowest BCUT2D eigenvalue weighted by Crippen LogP contribution is -2.16. The standard InChI is InChI=1S/C25H26F3N3/c1-2-9-17-10-3-7-14-21(17)30-31-24-16-23(29-22-15-8-5-12-19(22)24)18-11-4-6-13-20(18)25(26,27)28/h3-4,6-7,10-11,13-14,16,30H,2,5,8-9,12,15H2,1H3,(H,29,31). The molecule has 0 saturated carbocycles. The van der Waals surface area contributed by atoms with Crippen LogP contribution in [-0.2, 0) is 25.4 Å². The number of rotatable bonds is 6. The quantitative estimate of drug-likeness (QED) is 0.416. The summed E-state index contributed by atoms with van der Waals surface area (Å²) in [6, 6.07) is 15.5. The largest absolute Gasteiger partial charge is 0.417 e. The van der Waals surface area contributed by atoms with Crippen LogP contribution in [0, 0.1) is 0 Å². The number of nitrogens with one attached hydrogen (secondary N) is 2. The van der Waals surface area contributed by atoms with Crippen LogP contribution in [0.25, 0.3) is 11.3 Å². The molecule has 162 valence electrons. The highest BCUT2D eigenvalue weighted by Gasteiger charge is 2.34. The molecule has 0 saturated heterocycles. The van der Waals surface area contributed by atoms with Crippen LogP contribution in [0.4, 0.5) is 24.5 Å². The van der Waals surface area contributed by atoms with Gasteiger partial charge < -0.3 is 10.9 Å². The van der Waals surface area contributed by atoms with E-state index in [1.165, 1.54) is 17.7 Å². The van der Waals surface area contributed by atoms with Gasteiger partial charge in [-0.15, -0.1) is 0 Å². The second kappa shape index (κ2) is 9.00. The van der Waals surface area contributed by atoms with E-state index in [4.69, 9.17) is 0 Å². The highest BCUT2D eigenvalue weighted by Crippen LogP contribution is 2.38. The van der Waals surface area contributed by atoms with Crippen molar-refractivity contribution >= 4 is 11.4 Å². The number of benzene rings is 2. The third-order valence-corrected chi connectivity index (χ3v) is 5.68. The minimum Gasteiger partial charge on any atom is -0.301 e. The molecule has 0 atom stereocenters. The smallest absolute Gasteiger partial charge is 0.301 e. The minimum absolute atomic E-state index is 0.109. The Kier molecular flexibility index (Phi) is 6.16. The summed E-state index contributed by atoms with van der Waals surface area (Å²) in [6.45, 7) is 2.13. The predicted octanol–water partition coefficient (Wildman–Crippen LogP) is 7.04. The molecule has 3 nitrogen and oxygen atoms in total. The summed E-state index contributed by atoms with van der Waals surface area (Å²) in [6.07, 6.45) is 1.23. The molecule has 3 aromatic rings. The second-order valence-corrected chi connectivity index (χ2v) is 7.89. The van der Waals surface area contributed by atoms with Crippen molar-refractivity contribution in [3.63, 3.8) is 0 Å². The van der Waals surface area contributed by atoms with Crippen molar-refractivity contribution in [3.8, 4) is 11.3 Å². The molecular formula is C25H26F3N3. The monoisotopic (exact) mass is 425 g/mol. The van der Waals surface area contributed by atoms with Crippen molar-refractivity contribution in [1.29, 1.82) is 0 Å². The Bertz CT molecular complexity index is 1060. The maximum Gasteiger partial charge on any atom is 0.417 e. The van der Waals surface area contributed by atoms with Gasteiger partial charge in [0, 0.05) is 11.3 Å². The normalized spacial score (nSPS) is 13.5. The highest BCUT2D eigenvalue weighted by atomic mass is 19.4. The topological polar surface area (TPSA) is 37.0 Å². The summed E-state index contributed by atoms with van der Waals surface area (Å²) in [5.74, 6) is 0. The van der Waals surface area contributed by atoms with Crippen LogP contribution in [0.1, 0.15) is 48.6 Å². The third-order valence-electron chi connectivity index (χ3n) is 5.68. The van der Waals surface area contributed by atoms with E-state index in [-0.39, 0.29) is 5.56 Å². The van der Waals surface area contributed by atoms with Gasteiger partial charge in [0.1, 0.15) is 0 Å². The van der Waals surface area contributed by atoms with Gasteiger partial charge in [0.05, 0.1) is 22.6 Å². The molecule has 4 rings (SSSR count). The summed E-state index contributed by atoms with van der Waals surface area (Å²) in [7, 11) is 0. The van der Waals surface area contributed by atoms with Crippen molar-refractivity contribution in [2.24, 2.45) is 0 Å². The second-order valence-electron chi connectivity index (χ2n) is 7.89. The molecule has 6 heteroatoms. The molecule has 0 amide bonds. The number of alkyl halides is 3. The van der Waals surface area contributed by atoms with E-state index in [0.717, 1.165) is 67.2 Å². The predicted molar refractivity (Wildman–Crippen MR) is 119 cm³/mol. The first-order valence-electron chi connectivity index (χ1n) is 10.8. The van der Waals surface area contributed by atoms with Gasteiger partial charge in [-0.25, -0.2) is 0 Å². The van der Waals surface area contributed by atoms with E-state index < -0.39 is 11.7 Å². The number of aromatic nitrogens is 1. The van der Waals surface area contributed by atoms with Crippen LogP contribution in [0.15, 0.2) is 54.6 Å². The molecule has 0 bridgehead atoms. The molecule has 2 aromatic carbocycles. The van der Waals surface area contributed by atoms with E-state index in [2.05, 4.69) is 28.8 Å². The minimum atomic E-state index is -4.43. The number of fused-ring (bicyclic) bond motifs is 1. The van der Waals surface area contributed by atoms with Crippen LogP contribution >= 0.6 is 0 Å². The fourth-order valence-electron chi connectivity index (χ4n) is 4.17. The van der Waals surface area contributed by atoms with Crippen molar-refractivity contribution in [1.82, 2.24) is 4.98 Å². The highest BCUT2D eigenvalue weighted by molar-refractivity contribution is 5.72. The van der Waals surface area contributed by atoms with Gasteiger partial charge in [0.2, 0.25) is 0 Å². The third kappa shape index (κ3) is 4.68. The fourth-order valence-corrected chi connectivity index (χ4v) is 4.17. The number of pyridine rings is 1. The molecule has 1 aliphatic rings. The molecule has 1 heterocycles. The van der Waals surface area contributed by atoms with Gasteiger partial charge in [-0.2, -0.15) is 13.2 Å². The molecule has 1 aliphatic carbocycles. The number of hydrogen-bond donors (Lipinski definition) is 2. The number of halogens is 3. The van der Waals surface area contributed by atoms with Crippen molar-refractivity contribution in [3.05, 3.63) is 77.0 Å². The number of nitrogens with zero attached hydrogens (tertiary/aromatic N) is 1. The first kappa shape index (κ1) is 21.2. The average molecular weight is 425 g/mol. The van der Waals surface area contributed by atoms with Crippen molar-refractivity contribution in [2.75, 3.05) is 10.9 Å². The lowest BCUT2D eigenvalue weighted by Gasteiger charge is -2.23. The molecule has 2 N–H and O–H groups in total. The van der Waals surface area contributed by atoms with E-state index in [0.29, 0.717) is 5.69 Å². The van der Waals surface area contributed by atoms with Gasteiger partial charge in [-0.1, -0.05) is 49.7 Å². The van der Waals surface area contributed by atoms with E-state index in [1.54, 1.807) is 12.1 Å². The molecule has 0 spiro atoms. The Hall–Kier alpha value is -3.02. The molecule has 0 fully saturated rings. The van der Waals surface area contributed by atoms with Crippen LogP contribution in [0.2, 0.25) is 0 Å².